The van der Waals surface area contributed by atoms with Gasteiger partial charge in [0.15, 0.2) is 10.9 Å². The molecule has 1 rings (SSSR count). The lowest BCUT2D eigenvalue weighted by molar-refractivity contribution is 0.586. The van der Waals surface area contributed by atoms with Gasteiger partial charge in [0, 0.05) is 12.6 Å². The van der Waals surface area contributed by atoms with Gasteiger partial charge in [-0.2, -0.15) is 0 Å². The Labute approximate surface area is 109 Å². The molecule has 2 N–H and O–H groups in total. The van der Waals surface area contributed by atoms with E-state index in [1.165, 1.54) is 0 Å². The smallest absolute Gasteiger partial charge is 0.170 e. The Bertz CT molecular complexity index is 401. The van der Waals surface area contributed by atoms with Crippen molar-refractivity contribution in [2.75, 3.05) is 11.9 Å². The van der Waals surface area contributed by atoms with Gasteiger partial charge in [-0.3, -0.25) is 0 Å². The normalized spacial score (nSPS) is 10.5. The fraction of sp³-hybridized carbons (Fsp3) is 0.364. The highest BCUT2D eigenvalue weighted by molar-refractivity contribution is 7.80. The summed E-state index contributed by atoms with van der Waals surface area (Å²) in [6.07, 6.45) is 0. The van der Waals surface area contributed by atoms with Crippen LogP contribution in [0.1, 0.15) is 13.8 Å². The largest absolute Gasteiger partial charge is 0.362 e. The van der Waals surface area contributed by atoms with E-state index in [9.17, 15) is 8.78 Å². The monoisotopic (exact) mass is 278 g/mol. The molecule has 94 valence electrons. The van der Waals surface area contributed by atoms with Crippen LogP contribution in [0.4, 0.5) is 14.5 Å². The van der Waals surface area contributed by atoms with Gasteiger partial charge >= 0.3 is 0 Å². The minimum Gasteiger partial charge on any atom is -0.362 e. The fourth-order valence-electron chi connectivity index (χ4n) is 1.12. The minimum absolute atomic E-state index is 0.0191. The number of nitrogens with one attached hydrogen (secondary N) is 2. The molecule has 6 heteroatoms. The van der Waals surface area contributed by atoms with Crippen molar-refractivity contribution in [2.45, 2.75) is 13.8 Å². The van der Waals surface area contributed by atoms with Crippen LogP contribution in [0.15, 0.2) is 12.1 Å². The molecule has 0 saturated heterocycles. The van der Waals surface area contributed by atoms with Crippen molar-refractivity contribution in [1.29, 1.82) is 0 Å². The number of benzene rings is 1. The molecule has 0 aliphatic rings. The molecule has 0 aliphatic heterocycles. The van der Waals surface area contributed by atoms with Gasteiger partial charge in [-0.05, 0) is 24.2 Å². The van der Waals surface area contributed by atoms with Crippen molar-refractivity contribution >= 4 is 34.6 Å². The van der Waals surface area contributed by atoms with Crippen LogP contribution in [-0.4, -0.2) is 11.7 Å². The molecule has 0 amide bonds. The number of thiocarbonyl (C=S) groups is 1. The number of hydrogen-bond acceptors (Lipinski definition) is 1. The van der Waals surface area contributed by atoms with Gasteiger partial charge in [-0.25, -0.2) is 8.78 Å². The van der Waals surface area contributed by atoms with Gasteiger partial charge in [0.1, 0.15) is 5.82 Å². The average Bonchev–Trinajstić information content (AvgIpc) is 2.20. The van der Waals surface area contributed by atoms with E-state index in [2.05, 4.69) is 10.6 Å². The quantitative estimate of drug-likeness (QED) is 0.827. The van der Waals surface area contributed by atoms with Gasteiger partial charge in [-0.1, -0.05) is 25.4 Å². The van der Waals surface area contributed by atoms with Crippen LogP contribution in [0, 0.1) is 17.6 Å². The van der Waals surface area contributed by atoms with E-state index in [-0.39, 0.29) is 15.8 Å². The topological polar surface area (TPSA) is 24.1 Å². The van der Waals surface area contributed by atoms with Crippen molar-refractivity contribution < 1.29 is 8.78 Å². The molecule has 0 aliphatic carbocycles. The summed E-state index contributed by atoms with van der Waals surface area (Å²) in [5, 5.41) is 5.72. The summed E-state index contributed by atoms with van der Waals surface area (Å²) in [5.41, 5.74) is -0.0191. The molecular formula is C11H13ClF2N2S. The molecule has 0 spiro atoms. The second-order valence-corrected chi connectivity index (χ2v) is 4.79. The summed E-state index contributed by atoms with van der Waals surface area (Å²) in [6.45, 7) is 4.69. The summed E-state index contributed by atoms with van der Waals surface area (Å²) >= 11 is 10.7. The Morgan fingerprint density at radius 2 is 2.06 bits per heavy atom. The lowest BCUT2D eigenvalue weighted by Gasteiger charge is -2.13. The highest BCUT2D eigenvalue weighted by Crippen LogP contribution is 2.26. The van der Waals surface area contributed by atoms with Gasteiger partial charge in [0.2, 0.25) is 0 Å². The predicted octanol–water partition coefficient (Wildman–Crippen LogP) is 3.56. The molecule has 0 saturated carbocycles. The first kappa shape index (κ1) is 14.1. The van der Waals surface area contributed by atoms with Gasteiger partial charge < -0.3 is 10.6 Å². The third-order valence-electron chi connectivity index (χ3n) is 1.92. The fourth-order valence-corrected chi connectivity index (χ4v) is 1.54. The van der Waals surface area contributed by atoms with Crippen LogP contribution in [0.25, 0.3) is 0 Å². The average molecular weight is 279 g/mol. The van der Waals surface area contributed by atoms with Gasteiger partial charge in [0.05, 0.1) is 10.7 Å². The molecule has 0 aromatic heterocycles. The molecule has 17 heavy (non-hydrogen) atoms. The summed E-state index contributed by atoms with van der Waals surface area (Å²) in [5.74, 6) is -1.09. The Morgan fingerprint density at radius 1 is 1.41 bits per heavy atom. The molecule has 0 heterocycles. The van der Waals surface area contributed by atoms with Gasteiger partial charge in [-0.15, -0.1) is 0 Å². The van der Waals surface area contributed by atoms with Crippen LogP contribution < -0.4 is 10.6 Å². The Kier molecular flexibility index (Phi) is 5.08. The highest BCUT2D eigenvalue weighted by atomic mass is 35.5. The van der Waals surface area contributed by atoms with E-state index in [1.807, 2.05) is 13.8 Å². The van der Waals surface area contributed by atoms with Crippen molar-refractivity contribution in [1.82, 2.24) is 5.32 Å². The Balaban J connectivity index is 2.72. The first-order valence-electron chi connectivity index (χ1n) is 5.09. The molecule has 0 unspecified atom stereocenters. The van der Waals surface area contributed by atoms with E-state index >= 15 is 0 Å². The molecule has 0 fully saturated rings. The van der Waals surface area contributed by atoms with Gasteiger partial charge in [0.25, 0.3) is 0 Å². The zero-order valence-corrected chi connectivity index (χ0v) is 11.1. The summed E-state index contributed by atoms with van der Waals surface area (Å²) in [4.78, 5) is 0. The lowest BCUT2D eigenvalue weighted by Crippen LogP contribution is -2.31. The predicted molar refractivity (Wildman–Crippen MR) is 70.4 cm³/mol. The summed E-state index contributed by atoms with van der Waals surface area (Å²) < 4.78 is 26.2. The maximum absolute atomic E-state index is 13.4. The van der Waals surface area contributed by atoms with Crippen molar-refractivity contribution in [3.05, 3.63) is 28.8 Å². The van der Waals surface area contributed by atoms with Crippen molar-refractivity contribution in [3.63, 3.8) is 0 Å². The minimum atomic E-state index is -0.774. The van der Waals surface area contributed by atoms with Crippen LogP contribution in [0.3, 0.4) is 0 Å². The summed E-state index contributed by atoms with van der Waals surface area (Å²) in [7, 11) is 0. The van der Waals surface area contributed by atoms with Crippen LogP contribution in [0.5, 0.6) is 0 Å². The molecular weight excluding hydrogens is 266 g/mol. The zero-order valence-electron chi connectivity index (χ0n) is 9.48. The van der Waals surface area contributed by atoms with E-state index in [1.54, 1.807) is 0 Å². The molecule has 0 radical (unpaired) electrons. The Morgan fingerprint density at radius 3 is 2.59 bits per heavy atom. The maximum Gasteiger partial charge on any atom is 0.170 e. The van der Waals surface area contributed by atoms with E-state index in [0.717, 1.165) is 12.1 Å². The molecule has 0 atom stereocenters. The number of halogens is 3. The number of rotatable bonds is 3. The molecule has 1 aromatic carbocycles. The molecule has 2 nitrogen and oxygen atoms in total. The lowest BCUT2D eigenvalue weighted by atomic mass is 10.2. The van der Waals surface area contributed by atoms with E-state index in [4.69, 9.17) is 23.8 Å². The second-order valence-electron chi connectivity index (χ2n) is 3.97. The van der Waals surface area contributed by atoms with Crippen LogP contribution in [-0.2, 0) is 0 Å². The number of hydrogen-bond donors (Lipinski definition) is 2. The third kappa shape index (κ3) is 4.44. The van der Waals surface area contributed by atoms with Crippen LogP contribution in [0.2, 0.25) is 5.02 Å². The molecule has 1 aromatic rings. The van der Waals surface area contributed by atoms with E-state index in [0.29, 0.717) is 12.5 Å². The SMILES string of the molecule is CC(C)CNC(=S)Nc1c(F)cc(F)cc1Cl. The zero-order chi connectivity index (χ0) is 13.0. The van der Waals surface area contributed by atoms with Crippen molar-refractivity contribution in [2.24, 2.45) is 5.92 Å². The standard InChI is InChI=1S/C11H13ClF2N2S/c1-6(2)5-15-11(17)16-10-8(12)3-7(13)4-9(10)14/h3-4,6H,5H2,1-2H3,(H2,15,16,17). The van der Waals surface area contributed by atoms with Crippen molar-refractivity contribution in [3.8, 4) is 0 Å². The first-order chi connectivity index (χ1) is 7.90. The summed E-state index contributed by atoms with van der Waals surface area (Å²) in [6, 6.07) is 1.78. The Hall–Kier alpha value is -0.940. The maximum atomic E-state index is 13.4. The van der Waals surface area contributed by atoms with Crippen LogP contribution >= 0.6 is 23.8 Å². The molecule has 0 bridgehead atoms. The second kappa shape index (κ2) is 6.12. The number of anilines is 1. The highest BCUT2D eigenvalue weighted by Gasteiger charge is 2.11. The first-order valence-corrected chi connectivity index (χ1v) is 5.88. The third-order valence-corrected chi connectivity index (χ3v) is 2.46. The van der Waals surface area contributed by atoms with E-state index < -0.39 is 11.6 Å².